The van der Waals surface area contributed by atoms with Crippen molar-refractivity contribution in [3.63, 3.8) is 0 Å². The summed E-state index contributed by atoms with van der Waals surface area (Å²) in [7, 11) is 0. The SMILES string of the molecule is CC(Nc1ccc(N)c(OC(C)(C)C)n1)c1ccccn1. The molecule has 0 aliphatic heterocycles. The van der Waals surface area contributed by atoms with E-state index >= 15 is 0 Å². The highest BCUT2D eigenvalue weighted by Gasteiger charge is 2.16. The number of anilines is 2. The van der Waals surface area contributed by atoms with Gasteiger partial charge in [-0.15, -0.1) is 0 Å². The Morgan fingerprint density at radius 1 is 1.19 bits per heavy atom. The van der Waals surface area contributed by atoms with Crippen molar-refractivity contribution in [1.29, 1.82) is 0 Å². The fraction of sp³-hybridized carbons (Fsp3) is 0.375. The predicted octanol–water partition coefficient (Wildman–Crippen LogP) is 3.41. The van der Waals surface area contributed by atoms with Crippen LogP contribution in [0.5, 0.6) is 5.88 Å². The molecule has 2 heterocycles. The van der Waals surface area contributed by atoms with Crippen LogP contribution in [-0.4, -0.2) is 15.6 Å². The number of rotatable bonds is 4. The average Bonchev–Trinajstić information content (AvgIpc) is 2.42. The first-order valence-electron chi connectivity index (χ1n) is 6.98. The van der Waals surface area contributed by atoms with Crippen molar-refractivity contribution in [2.24, 2.45) is 0 Å². The van der Waals surface area contributed by atoms with E-state index < -0.39 is 0 Å². The Morgan fingerprint density at radius 3 is 2.57 bits per heavy atom. The Hall–Kier alpha value is -2.30. The maximum absolute atomic E-state index is 5.91. The van der Waals surface area contributed by atoms with E-state index in [1.807, 2.05) is 52.0 Å². The second-order valence-electron chi connectivity index (χ2n) is 5.93. The molecule has 0 aliphatic rings. The van der Waals surface area contributed by atoms with Crippen LogP contribution in [-0.2, 0) is 0 Å². The van der Waals surface area contributed by atoms with Crippen molar-refractivity contribution < 1.29 is 4.74 Å². The largest absolute Gasteiger partial charge is 0.470 e. The summed E-state index contributed by atoms with van der Waals surface area (Å²) in [5.41, 5.74) is 7.05. The van der Waals surface area contributed by atoms with Gasteiger partial charge in [-0.25, -0.2) is 0 Å². The van der Waals surface area contributed by atoms with Gasteiger partial charge in [0.2, 0.25) is 5.88 Å². The van der Waals surface area contributed by atoms with Gasteiger partial charge < -0.3 is 15.8 Å². The molecule has 0 amide bonds. The number of nitrogens with zero attached hydrogens (tertiary/aromatic N) is 2. The molecule has 2 aromatic rings. The lowest BCUT2D eigenvalue weighted by molar-refractivity contribution is 0.125. The van der Waals surface area contributed by atoms with E-state index in [4.69, 9.17) is 10.5 Å². The van der Waals surface area contributed by atoms with Crippen molar-refractivity contribution >= 4 is 11.5 Å². The maximum Gasteiger partial charge on any atom is 0.239 e. The fourth-order valence-corrected chi connectivity index (χ4v) is 1.83. The summed E-state index contributed by atoms with van der Waals surface area (Å²) in [6, 6.07) is 9.51. The van der Waals surface area contributed by atoms with Gasteiger partial charge in [-0.05, 0) is 52.0 Å². The summed E-state index contributed by atoms with van der Waals surface area (Å²) >= 11 is 0. The zero-order chi connectivity index (χ0) is 15.5. The quantitative estimate of drug-likeness (QED) is 0.901. The zero-order valence-electron chi connectivity index (χ0n) is 12.9. The molecule has 3 N–H and O–H groups in total. The Morgan fingerprint density at radius 2 is 1.95 bits per heavy atom. The Kier molecular flexibility index (Phi) is 4.31. The molecule has 0 bridgehead atoms. The molecule has 0 saturated heterocycles. The van der Waals surface area contributed by atoms with Crippen molar-refractivity contribution in [2.45, 2.75) is 39.3 Å². The minimum absolute atomic E-state index is 0.0461. The minimum Gasteiger partial charge on any atom is -0.470 e. The maximum atomic E-state index is 5.91. The molecule has 0 fully saturated rings. The highest BCUT2D eigenvalue weighted by Crippen LogP contribution is 2.26. The van der Waals surface area contributed by atoms with Crippen LogP contribution in [0.2, 0.25) is 0 Å². The molecule has 112 valence electrons. The van der Waals surface area contributed by atoms with Gasteiger partial charge in [0.25, 0.3) is 0 Å². The van der Waals surface area contributed by atoms with Gasteiger partial charge in [-0.3, -0.25) is 4.98 Å². The Balaban J connectivity index is 2.16. The van der Waals surface area contributed by atoms with Crippen molar-refractivity contribution in [3.8, 4) is 5.88 Å². The molecule has 1 atom stereocenters. The summed E-state index contributed by atoms with van der Waals surface area (Å²) in [6.45, 7) is 7.92. The van der Waals surface area contributed by atoms with E-state index in [0.29, 0.717) is 17.4 Å². The first-order valence-corrected chi connectivity index (χ1v) is 6.98. The highest BCUT2D eigenvalue weighted by molar-refractivity contribution is 5.54. The molecule has 0 saturated carbocycles. The number of nitrogens with two attached hydrogens (primary N) is 1. The molecular weight excluding hydrogens is 264 g/mol. The smallest absolute Gasteiger partial charge is 0.239 e. The molecular formula is C16H22N4O. The van der Waals surface area contributed by atoms with Crippen LogP contribution in [0.25, 0.3) is 0 Å². The van der Waals surface area contributed by atoms with Crippen molar-refractivity contribution in [2.75, 3.05) is 11.1 Å². The van der Waals surface area contributed by atoms with Gasteiger partial charge >= 0.3 is 0 Å². The number of hydrogen-bond acceptors (Lipinski definition) is 5. The predicted molar refractivity (Wildman–Crippen MR) is 85.3 cm³/mol. The van der Waals surface area contributed by atoms with Crippen molar-refractivity contribution in [3.05, 3.63) is 42.2 Å². The molecule has 0 aromatic carbocycles. The molecule has 2 rings (SSSR count). The van der Waals surface area contributed by atoms with E-state index in [-0.39, 0.29) is 11.6 Å². The van der Waals surface area contributed by atoms with Crippen LogP contribution < -0.4 is 15.8 Å². The van der Waals surface area contributed by atoms with Gasteiger partial charge in [0.05, 0.1) is 17.4 Å². The lowest BCUT2D eigenvalue weighted by Crippen LogP contribution is -2.24. The summed E-state index contributed by atoms with van der Waals surface area (Å²) in [5, 5.41) is 3.30. The minimum atomic E-state index is -0.341. The van der Waals surface area contributed by atoms with E-state index in [2.05, 4.69) is 15.3 Å². The fourth-order valence-electron chi connectivity index (χ4n) is 1.83. The third-order valence-electron chi connectivity index (χ3n) is 2.79. The van der Waals surface area contributed by atoms with Gasteiger partial charge in [0, 0.05) is 6.20 Å². The standard InChI is InChI=1S/C16H22N4O/c1-11(13-7-5-6-10-18-13)19-14-9-8-12(17)15(20-14)21-16(2,3)4/h5-11H,17H2,1-4H3,(H,19,20). The number of aromatic nitrogens is 2. The highest BCUT2D eigenvalue weighted by atomic mass is 16.5. The lowest BCUT2D eigenvalue weighted by Gasteiger charge is -2.22. The van der Waals surface area contributed by atoms with Gasteiger partial charge in [0.1, 0.15) is 11.4 Å². The van der Waals surface area contributed by atoms with E-state index in [0.717, 1.165) is 5.69 Å². The molecule has 0 radical (unpaired) electrons. The summed E-state index contributed by atoms with van der Waals surface area (Å²) in [5.74, 6) is 1.15. The number of hydrogen-bond donors (Lipinski definition) is 2. The third-order valence-corrected chi connectivity index (χ3v) is 2.79. The second kappa shape index (κ2) is 5.99. The van der Waals surface area contributed by atoms with Gasteiger partial charge in [-0.2, -0.15) is 4.98 Å². The summed E-state index contributed by atoms with van der Waals surface area (Å²) in [6.07, 6.45) is 1.78. The Bertz CT molecular complexity index is 593. The zero-order valence-corrected chi connectivity index (χ0v) is 12.9. The first kappa shape index (κ1) is 15.1. The monoisotopic (exact) mass is 286 g/mol. The van der Waals surface area contributed by atoms with Crippen LogP contribution in [0.15, 0.2) is 36.5 Å². The molecule has 21 heavy (non-hydrogen) atoms. The summed E-state index contributed by atoms with van der Waals surface area (Å²) < 4.78 is 5.77. The third kappa shape index (κ3) is 4.34. The normalized spacial score (nSPS) is 12.8. The van der Waals surface area contributed by atoms with Crippen molar-refractivity contribution in [1.82, 2.24) is 9.97 Å². The molecule has 5 nitrogen and oxygen atoms in total. The second-order valence-corrected chi connectivity index (χ2v) is 5.93. The summed E-state index contributed by atoms with van der Waals surface area (Å²) in [4.78, 5) is 8.77. The molecule has 5 heteroatoms. The van der Waals surface area contributed by atoms with Crippen LogP contribution in [0.3, 0.4) is 0 Å². The molecule has 2 aromatic heterocycles. The van der Waals surface area contributed by atoms with Crippen LogP contribution in [0.1, 0.15) is 39.4 Å². The number of nitrogen functional groups attached to an aromatic ring is 1. The number of nitrogens with one attached hydrogen (secondary N) is 1. The molecule has 0 aliphatic carbocycles. The Labute approximate surface area is 125 Å². The average molecular weight is 286 g/mol. The topological polar surface area (TPSA) is 73.1 Å². The van der Waals surface area contributed by atoms with Gasteiger partial charge in [0.15, 0.2) is 0 Å². The van der Waals surface area contributed by atoms with Crippen LogP contribution >= 0.6 is 0 Å². The first-order chi connectivity index (χ1) is 9.85. The van der Waals surface area contributed by atoms with E-state index in [1.54, 1.807) is 12.3 Å². The number of pyridine rings is 2. The van der Waals surface area contributed by atoms with Crippen LogP contribution in [0, 0.1) is 0 Å². The van der Waals surface area contributed by atoms with E-state index in [1.165, 1.54) is 0 Å². The molecule has 0 spiro atoms. The van der Waals surface area contributed by atoms with Crippen LogP contribution in [0.4, 0.5) is 11.5 Å². The number of ether oxygens (including phenoxy) is 1. The van der Waals surface area contributed by atoms with E-state index in [9.17, 15) is 0 Å². The molecule has 1 unspecified atom stereocenters. The van der Waals surface area contributed by atoms with Gasteiger partial charge in [-0.1, -0.05) is 6.07 Å². The lowest BCUT2D eigenvalue weighted by atomic mass is 10.2.